The summed E-state index contributed by atoms with van der Waals surface area (Å²) < 4.78 is 45.8. The van der Waals surface area contributed by atoms with Gasteiger partial charge in [-0.1, -0.05) is 12.1 Å². The van der Waals surface area contributed by atoms with Gasteiger partial charge in [0.15, 0.2) is 0 Å². The molecule has 158 valence electrons. The Hall–Kier alpha value is -3.29. The number of aromatic nitrogens is 2. The van der Waals surface area contributed by atoms with Crippen LogP contribution in [-0.4, -0.2) is 22.3 Å². The zero-order valence-corrected chi connectivity index (χ0v) is 16.9. The zero-order valence-electron chi connectivity index (χ0n) is 16.9. The first-order valence-electron chi connectivity index (χ1n) is 9.43. The van der Waals surface area contributed by atoms with Crippen LogP contribution in [0.5, 0.6) is 5.75 Å². The van der Waals surface area contributed by atoms with Crippen molar-refractivity contribution in [3.05, 3.63) is 76.6 Å². The highest BCUT2D eigenvalue weighted by molar-refractivity contribution is 6.04. The first kappa shape index (κ1) is 21.4. The number of anilines is 1. The highest BCUT2D eigenvalue weighted by Crippen LogP contribution is 2.30. The van der Waals surface area contributed by atoms with Crippen LogP contribution in [-0.2, 0) is 12.7 Å². The maximum absolute atomic E-state index is 12.9. The third kappa shape index (κ3) is 4.82. The molecule has 0 atom stereocenters. The fraction of sp³-hybridized carbons (Fsp3) is 0.273. The number of nitrogens with zero attached hydrogens (tertiary/aromatic N) is 2. The first-order valence-corrected chi connectivity index (χ1v) is 9.43. The van der Waals surface area contributed by atoms with E-state index in [1.807, 2.05) is 6.92 Å². The van der Waals surface area contributed by atoms with Gasteiger partial charge in [-0.3, -0.25) is 9.48 Å². The lowest BCUT2D eigenvalue weighted by Crippen LogP contribution is -2.13. The van der Waals surface area contributed by atoms with E-state index in [2.05, 4.69) is 10.4 Å². The van der Waals surface area contributed by atoms with Crippen molar-refractivity contribution in [3.8, 4) is 5.75 Å². The van der Waals surface area contributed by atoms with E-state index in [1.165, 1.54) is 6.07 Å². The maximum atomic E-state index is 12.9. The van der Waals surface area contributed by atoms with Crippen LogP contribution in [0, 0.1) is 13.8 Å². The molecule has 0 aliphatic carbocycles. The first-order chi connectivity index (χ1) is 14.2. The van der Waals surface area contributed by atoms with Crippen LogP contribution in [0.15, 0.2) is 48.5 Å². The van der Waals surface area contributed by atoms with E-state index in [0.717, 1.165) is 12.1 Å². The van der Waals surface area contributed by atoms with Crippen molar-refractivity contribution in [2.45, 2.75) is 33.5 Å². The summed E-state index contributed by atoms with van der Waals surface area (Å²) in [6.45, 7) is 6.08. The van der Waals surface area contributed by atoms with Crippen LogP contribution in [0.3, 0.4) is 0 Å². The van der Waals surface area contributed by atoms with Crippen LogP contribution < -0.4 is 10.1 Å². The second-order valence-electron chi connectivity index (χ2n) is 6.81. The van der Waals surface area contributed by atoms with E-state index in [4.69, 9.17) is 4.74 Å². The second-order valence-corrected chi connectivity index (χ2v) is 6.81. The average molecular weight is 417 g/mol. The summed E-state index contributed by atoms with van der Waals surface area (Å²) in [5.41, 5.74) is 2.01. The molecule has 1 N–H and O–H groups in total. The van der Waals surface area contributed by atoms with Gasteiger partial charge in [0.25, 0.3) is 5.91 Å². The third-order valence-electron chi connectivity index (χ3n) is 4.63. The molecule has 1 heterocycles. The number of amides is 1. The maximum Gasteiger partial charge on any atom is 0.416 e. The Kier molecular flexibility index (Phi) is 6.14. The number of carbonyl (C=O) groups excluding carboxylic acids is 1. The van der Waals surface area contributed by atoms with Gasteiger partial charge in [0.1, 0.15) is 5.75 Å². The summed E-state index contributed by atoms with van der Waals surface area (Å²) in [7, 11) is 0. The summed E-state index contributed by atoms with van der Waals surface area (Å²) in [4.78, 5) is 12.6. The lowest BCUT2D eigenvalue weighted by Gasteiger charge is -2.10. The molecule has 1 aromatic heterocycles. The van der Waals surface area contributed by atoms with E-state index >= 15 is 0 Å². The van der Waals surface area contributed by atoms with Crippen LogP contribution in [0.4, 0.5) is 18.9 Å². The van der Waals surface area contributed by atoms with Crippen molar-refractivity contribution in [2.75, 3.05) is 11.9 Å². The number of aryl methyl sites for hydroxylation is 1. The van der Waals surface area contributed by atoms with Gasteiger partial charge < -0.3 is 10.1 Å². The fourth-order valence-electron chi connectivity index (χ4n) is 3.11. The molecule has 1 amide bonds. The Morgan fingerprint density at radius 1 is 1.13 bits per heavy atom. The van der Waals surface area contributed by atoms with E-state index in [9.17, 15) is 18.0 Å². The quantitative estimate of drug-likeness (QED) is 0.598. The minimum atomic E-state index is -4.40. The average Bonchev–Trinajstić information content (AvgIpc) is 2.95. The van der Waals surface area contributed by atoms with Gasteiger partial charge in [-0.2, -0.15) is 18.3 Å². The Labute approximate surface area is 172 Å². The highest BCUT2D eigenvalue weighted by Gasteiger charge is 2.30. The van der Waals surface area contributed by atoms with Gasteiger partial charge in [-0.25, -0.2) is 0 Å². The van der Waals surface area contributed by atoms with Crippen molar-refractivity contribution in [1.82, 2.24) is 9.78 Å². The van der Waals surface area contributed by atoms with E-state index in [1.54, 1.807) is 48.9 Å². The molecule has 0 saturated carbocycles. The summed E-state index contributed by atoms with van der Waals surface area (Å²) in [5.74, 6) is 0.373. The molecule has 8 heteroatoms. The van der Waals surface area contributed by atoms with Gasteiger partial charge in [0.2, 0.25) is 0 Å². The molecule has 0 aliphatic heterocycles. The van der Waals surface area contributed by atoms with E-state index < -0.39 is 11.7 Å². The lowest BCUT2D eigenvalue weighted by atomic mass is 10.1. The summed E-state index contributed by atoms with van der Waals surface area (Å²) in [6.07, 6.45) is -4.40. The molecule has 0 aliphatic rings. The molecule has 0 bridgehead atoms. The van der Waals surface area contributed by atoms with Crippen LogP contribution in [0.2, 0.25) is 0 Å². The van der Waals surface area contributed by atoms with Gasteiger partial charge in [-0.05, 0) is 62.7 Å². The number of hydrogen-bond acceptors (Lipinski definition) is 3. The molecule has 0 fully saturated rings. The molecule has 5 nitrogen and oxygen atoms in total. The SMILES string of the molecule is CCOc1ccc(C(=O)Nc2c(C)nn(Cc3cccc(C(F)(F)F)c3)c2C)cc1. The van der Waals surface area contributed by atoms with Crippen LogP contribution >= 0.6 is 0 Å². The molecule has 2 aromatic carbocycles. The van der Waals surface area contributed by atoms with Gasteiger partial charge in [-0.15, -0.1) is 0 Å². The van der Waals surface area contributed by atoms with E-state index in [0.29, 0.717) is 40.6 Å². The second kappa shape index (κ2) is 8.61. The molecule has 0 spiro atoms. The molecular weight excluding hydrogens is 395 g/mol. The van der Waals surface area contributed by atoms with Crippen molar-refractivity contribution in [1.29, 1.82) is 0 Å². The number of nitrogens with one attached hydrogen (secondary N) is 1. The number of ether oxygens (including phenoxy) is 1. The minimum Gasteiger partial charge on any atom is -0.494 e. The predicted molar refractivity (Wildman–Crippen MR) is 108 cm³/mol. The van der Waals surface area contributed by atoms with Crippen molar-refractivity contribution in [3.63, 3.8) is 0 Å². The molecule has 3 aromatic rings. The topological polar surface area (TPSA) is 56.1 Å². The van der Waals surface area contributed by atoms with Crippen molar-refractivity contribution in [2.24, 2.45) is 0 Å². The Morgan fingerprint density at radius 2 is 1.83 bits per heavy atom. The Morgan fingerprint density at radius 3 is 2.47 bits per heavy atom. The molecule has 0 radical (unpaired) electrons. The third-order valence-corrected chi connectivity index (χ3v) is 4.63. The molecule has 30 heavy (non-hydrogen) atoms. The molecule has 3 rings (SSSR count). The van der Waals surface area contributed by atoms with Crippen LogP contribution in [0.25, 0.3) is 0 Å². The summed E-state index contributed by atoms with van der Waals surface area (Å²) >= 11 is 0. The van der Waals surface area contributed by atoms with E-state index in [-0.39, 0.29) is 12.5 Å². The fourth-order valence-corrected chi connectivity index (χ4v) is 3.11. The van der Waals surface area contributed by atoms with Crippen LogP contribution in [0.1, 0.15) is 39.8 Å². The van der Waals surface area contributed by atoms with Gasteiger partial charge in [0.05, 0.1) is 35.8 Å². The molecular formula is C22H22F3N3O2. The lowest BCUT2D eigenvalue weighted by molar-refractivity contribution is -0.137. The minimum absolute atomic E-state index is 0.162. The number of benzene rings is 2. The number of carbonyl (C=O) groups is 1. The summed E-state index contributed by atoms with van der Waals surface area (Å²) in [5, 5.41) is 7.23. The largest absolute Gasteiger partial charge is 0.494 e. The Balaban J connectivity index is 1.78. The van der Waals surface area contributed by atoms with Crippen molar-refractivity contribution >= 4 is 11.6 Å². The highest BCUT2D eigenvalue weighted by atomic mass is 19.4. The number of rotatable bonds is 6. The number of halogens is 3. The number of alkyl halides is 3. The zero-order chi connectivity index (χ0) is 21.9. The normalized spacial score (nSPS) is 11.4. The predicted octanol–water partition coefficient (Wildman–Crippen LogP) is 5.22. The molecule has 0 unspecified atom stereocenters. The van der Waals surface area contributed by atoms with Gasteiger partial charge in [0, 0.05) is 5.56 Å². The monoisotopic (exact) mass is 417 g/mol. The van der Waals surface area contributed by atoms with Gasteiger partial charge >= 0.3 is 6.18 Å². The summed E-state index contributed by atoms with van der Waals surface area (Å²) in [6, 6.07) is 11.9. The Bertz CT molecular complexity index is 1040. The standard InChI is InChI=1S/C22H22F3N3O2/c1-4-30-19-10-8-17(9-11-19)21(29)26-20-14(2)27-28(15(20)3)13-16-6-5-7-18(12-16)22(23,24)25/h5-12H,4,13H2,1-3H3,(H,26,29). The molecule has 0 saturated heterocycles. The number of hydrogen-bond donors (Lipinski definition) is 1. The smallest absolute Gasteiger partial charge is 0.416 e. The van der Waals surface area contributed by atoms with Crippen molar-refractivity contribution < 1.29 is 22.7 Å².